The maximum atomic E-state index is 9.23. The molecule has 0 unspecified atom stereocenters. The largest absolute Gasteiger partial charge is 0.508 e. The van der Waals surface area contributed by atoms with Crippen molar-refractivity contribution in [1.82, 2.24) is 5.43 Å². The van der Waals surface area contributed by atoms with Crippen molar-refractivity contribution in [2.45, 2.75) is 6.92 Å². The van der Waals surface area contributed by atoms with Gasteiger partial charge in [0.15, 0.2) is 5.11 Å². The molecule has 0 aliphatic heterocycles. The topological polar surface area (TPSA) is 56.7 Å². The Bertz CT molecular complexity index is 609. The van der Waals surface area contributed by atoms with Crippen molar-refractivity contribution in [3.63, 3.8) is 0 Å². The molecule has 0 saturated heterocycles. The number of aromatic hydroxyl groups is 1. The number of nitrogens with zero attached hydrogens (tertiary/aromatic N) is 1. The second-order valence-electron chi connectivity index (χ2n) is 4.18. The Morgan fingerprint density at radius 3 is 2.35 bits per heavy atom. The van der Waals surface area contributed by atoms with Crippen LogP contribution < -0.4 is 10.7 Å². The van der Waals surface area contributed by atoms with Crippen LogP contribution in [0, 0.1) is 0 Å². The molecule has 0 heterocycles. The summed E-state index contributed by atoms with van der Waals surface area (Å²) in [6, 6.07) is 16.5. The van der Waals surface area contributed by atoms with E-state index in [1.807, 2.05) is 37.3 Å². The van der Waals surface area contributed by atoms with Gasteiger partial charge in [0, 0.05) is 5.69 Å². The highest BCUT2D eigenvalue weighted by atomic mass is 32.1. The van der Waals surface area contributed by atoms with E-state index in [0.29, 0.717) is 5.11 Å². The number of hydrogen-bond donors (Lipinski definition) is 3. The minimum absolute atomic E-state index is 0.232. The van der Waals surface area contributed by atoms with Gasteiger partial charge in [0.25, 0.3) is 0 Å². The van der Waals surface area contributed by atoms with E-state index in [-0.39, 0.29) is 5.75 Å². The fraction of sp³-hybridized carbons (Fsp3) is 0.0667. The zero-order chi connectivity index (χ0) is 14.4. The molecule has 0 atom stereocenters. The summed E-state index contributed by atoms with van der Waals surface area (Å²) in [6.07, 6.45) is 0. The first-order valence-corrected chi connectivity index (χ1v) is 6.52. The van der Waals surface area contributed by atoms with Crippen LogP contribution in [0.1, 0.15) is 12.5 Å². The van der Waals surface area contributed by atoms with Crippen molar-refractivity contribution < 1.29 is 5.11 Å². The van der Waals surface area contributed by atoms with Crippen LogP contribution in [0.5, 0.6) is 5.75 Å². The molecule has 2 aromatic rings. The summed E-state index contributed by atoms with van der Waals surface area (Å²) in [5.74, 6) is 0.232. The van der Waals surface area contributed by atoms with Gasteiger partial charge in [-0.15, -0.1) is 0 Å². The number of phenolic OH excluding ortho intramolecular Hbond substituents is 1. The van der Waals surface area contributed by atoms with Gasteiger partial charge in [0.2, 0.25) is 0 Å². The number of hydrazone groups is 1. The lowest BCUT2D eigenvalue weighted by Gasteiger charge is -2.07. The molecule has 0 amide bonds. The number of nitrogens with one attached hydrogen (secondary N) is 2. The second-order valence-corrected chi connectivity index (χ2v) is 4.58. The maximum absolute atomic E-state index is 9.23. The van der Waals surface area contributed by atoms with Crippen molar-refractivity contribution >= 4 is 28.7 Å². The SMILES string of the molecule is C/C(=N\NC(=S)Nc1ccccc1)c1ccc(O)cc1. The van der Waals surface area contributed by atoms with E-state index in [4.69, 9.17) is 12.2 Å². The molecule has 0 aromatic heterocycles. The summed E-state index contributed by atoms with van der Waals surface area (Å²) in [5, 5.41) is 16.9. The van der Waals surface area contributed by atoms with E-state index in [9.17, 15) is 5.11 Å². The zero-order valence-corrected chi connectivity index (χ0v) is 11.8. The van der Waals surface area contributed by atoms with E-state index < -0.39 is 0 Å². The van der Waals surface area contributed by atoms with Crippen LogP contribution in [0.15, 0.2) is 59.7 Å². The number of thiocarbonyl (C=S) groups is 1. The first kappa shape index (κ1) is 14.0. The average molecular weight is 285 g/mol. The molecule has 2 aromatic carbocycles. The molecule has 0 aliphatic carbocycles. The third-order valence-corrected chi connectivity index (χ3v) is 2.84. The minimum atomic E-state index is 0.232. The van der Waals surface area contributed by atoms with Gasteiger partial charge in [-0.25, -0.2) is 0 Å². The van der Waals surface area contributed by atoms with Gasteiger partial charge in [0.05, 0.1) is 5.71 Å². The zero-order valence-electron chi connectivity index (χ0n) is 11.0. The van der Waals surface area contributed by atoms with Crippen molar-refractivity contribution in [2.75, 3.05) is 5.32 Å². The minimum Gasteiger partial charge on any atom is -0.508 e. The Morgan fingerprint density at radius 2 is 1.70 bits per heavy atom. The van der Waals surface area contributed by atoms with Crippen LogP contribution in [-0.2, 0) is 0 Å². The van der Waals surface area contributed by atoms with Gasteiger partial charge < -0.3 is 10.4 Å². The Balaban J connectivity index is 1.95. The maximum Gasteiger partial charge on any atom is 0.191 e. The standard InChI is InChI=1S/C15H15N3OS/c1-11(12-7-9-14(19)10-8-12)17-18-15(20)16-13-5-3-2-4-6-13/h2-10,19H,1H3,(H2,16,18,20)/b17-11+. The summed E-state index contributed by atoms with van der Waals surface area (Å²) in [5.41, 5.74) is 5.39. The molecule has 3 N–H and O–H groups in total. The molecular formula is C15H15N3OS. The lowest BCUT2D eigenvalue weighted by Crippen LogP contribution is -2.24. The number of phenols is 1. The molecule has 0 aliphatic rings. The smallest absolute Gasteiger partial charge is 0.191 e. The highest BCUT2D eigenvalue weighted by Gasteiger charge is 1.99. The Labute approximate surface area is 123 Å². The second kappa shape index (κ2) is 6.68. The van der Waals surface area contributed by atoms with Gasteiger partial charge in [-0.1, -0.05) is 18.2 Å². The molecule has 0 bridgehead atoms. The van der Waals surface area contributed by atoms with Crippen molar-refractivity contribution in [2.24, 2.45) is 5.10 Å². The molecule has 5 heteroatoms. The number of benzene rings is 2. The van der Waals surface area contributed by atoms with Crippen LogP contribution in [0.3, 0.4) is 0 Å². The third-order valence-electron chi connectivity index (χ3n) is 2.64. The van der Waals surface area contributed by atoms with Gasteiger partial charge in [-0.2, -0.15) is 5.10 Å². The fourth-order valence-corrected chi connectivity index (χ4v) is 1.75. The quantitative estimate of drug-likeness (QED) is 0.461. The molecule has 0 fully saturated rings. The predicted octanol–water partition coefficient (Wildman–Crippen LogP) is 3.10. The van der Waals surface area contributed by atoms with E-state index in [1.54, 1.807) is 24.3 Å². The molecule has 2 rings (SSSR count). The summed E-state index contributed by atoms with van der Waals surface area (Å²) in [6.45, 7) is 1.87. The molecule has 0 radical (unpaired) electrons. The van der Waals surface area contributed by atoms with Crippen LogP contribution in [0.2, 0.25) is 0 Å². The summed E-state index contributed by atoms with van der Waals surface area (Å²) >= 11 is 5.16. The van der Waals surface area contributed by atoms with Gasteiger partial charge >= 0.3 is 0 Å². The van der Waals surface area contributed by atoms with E-state index >= 15 is 0 Å². The van der Waals surface area contributed by atoms with Crippen LogP contribution in [0.4, 0.5) is 5.69 Å². The van der Waals surface area contributed by atoms with Crippen LogP contribution in [-0.4, -0.2) is 15.9 Å². The first-order chi connectivity index (χ1) is 9.65. The molecule has 20 heavy (non-hydrogen) atoms. The van der Waals surface area contributed by atoms with Crippen molar-refractivity contribution in [1.29, 1.82) is 0 Å². The summed E-state index contributed by atoms with van der Waals surface area (Å²) < 4.78 is 0. The normalized spacial score (nSPS) is 10.9. The van der Waals surface area contributed by atoms with E-state index in [2.05, 4.69) is 15.8 Å². The molecule has 4 nitrogen and oxygen atoms in total. The van der Waals surface area contributed by atoms with Crippen molar-refractivity contribution in [3.8, 4) is 5.75 Å². The van der Waals surface area contributed by atoms with Gasteiger partial charge in [0.1, 0.15) is 5.75 Å². The molecule has 0 saturated carbocycles. The molecular weight excluding hydrogens is 270 g/mol. The Kier molecular flexibility index (Phi) is 4.68. The predicted molar refractivity (Wildman–Crippen MR) is 86.1 cm³/mol. The van der Waals surface area contributed by atoms with Crippen molar-refractivity contribution in [3.05, 3.63) is 60.2 Å². The highest BCUT2D eigenvalue weighted by Crippen LogP contribution is 2.10. The lowest BCUT2D eigenvalue weighted by molar-refractivity contribution is 0.475. The van der Waals surface area contributed by atoms with E-state index in [0.717, 1.165) is 17.0 Å². The molecule has 102 valence electrons. The average Bonchev–Trinajstić information content (AvgIpc) is 2.46. The Hall–Kier alpha value is -2.40. The van der Waals surface area contributed by atoms with E-state index in [1.165, 1.54) is 0 Å². The summed E-state index contributed by atoms with van der Waals surface area (Å²) in [7, 11) is 0. The van der Waals surface area contributed by atoms with Crippen LogP contribution >= 0.6 is 12.2 Å². The highest BCUT2D eigenvalue weighted by molar-refractivity contribution is 7.80. The Morgan fingerprint density at radius 1 is 1.05 bits per heavy atom. The summed E-state index contributed by atoms with van der Waals surface area (Å²) in [4.78, 5) is 0. The number of rotatable bonds is 3. The van der Waals surface area contributed by atoms with Gasteiger partial charge in [-0.3, -0.25) is 5.43 Å². The molecule has 0 spiro atoms. The third kappa shape index (κ3) is 4.07. The monoisotopic (exact) mass is 285 g/mol. The fourth-order valence-electron chi connectivity index (χ4n) is 1.58. The van der Waals surface area contributed by atoms with Gasteiger partial charge in [-0.05, 0) is 61.1 Å². The van der Waals surface area contributed by atoms with Crippen LogP contribution in [0.25, 0.3) is 0 Å². The lowest BCUT2D eigenvalue weighted by atomic mass is 10.1. The number of hydrogen-bond acceptors (Lipinski definition) is 3. The first-order valence-electron chi connectivity index (χ1n) is 6.11. The number of para-hydroxylation sites is 1. The number of anilines is 1.